The van der Waals surface area contributed by atoms with Crippen LogP contribution >= 0.6 is 0 Å². The molecule has 0 spiro atoms. The molecule has 1 unspecified atom stereocenters. The topological polar surface area (TPSA) is 56.1 Å². The SMILES string of the molecule is COc1ccc(CC(=O)NC2CCCc3c2cnn3C)cc1. The lowest BCUT2D eigenvalue weighted by atomic mass is 9.93. The van der Waals surface area contributed by atoms with Gasteiger partial charge in [-0.05, 0) is 37.0 Å². The van der Waals surface area contributed by atoms with E-state index in [9.17, 15) is 4.79 Å². The van der Waals surface area contributed by atoms with E-state index in [1.807, 2.05) is 42.2 Å². The van der Waals surface area contributed by atoms with Crippen LogP contribution in [-0.2, 0) is 24.7 Å². The van der Waals surface area contributed by atoms with Crippen molar-refractivity contribution in [2.45, 2.75) is 31.7 Å². The number of aromatic nitrogens is 2. The van der Waals surface area contributed by atoms with Crippen LogP contribution < -0.4 is 10.1 Å². The fraction of sp³-hybridized carbons (Fsp3) is 0.412. The maximum Gasteiger partial charge on any atom is 0.224 e. The van der Waals surface area contributed by atoms with Crippen molar-refractivity contribution in [3.63, 3.8) is 0 Å². The van der Waals surface area contributed by atoms with E-state index < -0.39 is 0 Å². The molecular weight excluding hydrogens is 278 g/mol. The first-order chi connectivity index (χ1) is 10.7. The van der Waals surface area contributed by atoms with Gasteiger partial charge in [0.25, 0.3) is 0 Å². The van der Waals surface area contributed by atoms with Crippen LogP contribution in [0.4, 0.5) is 0 Å². The normalized spacial score (nSPS) is 16.9. The molecule has 116 valence electrons. The third-order valence-electron chi connectivity index (χ3n) is 4.23. The van der Waals surface area contributed by atoms with Gasteiger partial charge in [-0.2, -0.15) is 5.10 Å². The molecule has 0 radical (unpaired) electrons. The molecule has 5 nitrogen and oxygen atoms in total. The second-order valence-corrected chi connectivity index (χ2v) is 5.71. The van der Waals surface area contributed by atoms with Gasteiger partial charge in [0.05, 0.1) is 25.8 Å². The number of fused-ring (bicyclic) bond motifs is 1. The summed E-state index contributed by atoms with van der Waals surface area (Å²) >= 11 is 0. The van der Waals surface area contributed by atoms with Gasteiger partial charge in [0.1, 0.15) is 5.75 Å². The van der Waals surface area contributed by atoms with E-state index in [2.05, 4.69) is 10.4 Å². The first kappa shape index (κ1) is 14.6. The van der Waals surface area contributed by atoms with Crippen LogP contribution in [0.1, 0.15) is 35.7 Å². The van der Waals surface area contributed by atoms with Crippen LogP contribution in [0.15, 0.2) is 30.5 Å². The average Bonchev–Trinajstić information content (AvgIpc) is 2.91. The number of benzene rings is 1. The van der Waals surface area contributed by atoms with Crippen LogP contribution in [0.25, 0.3) is 0 Å². The van der Waals surface area contributed by atoms with Crippen molar-refractivity contribution in [1.29, 1.82) is 0 Å². The lowest BCUT2D eigenvalue weighted by molar-refractivity contribution is -0.121. The average molecular weight is 299 g/mol. The summed E-state index contributed by atoms with van der Waals surface area (Å²) in [6.07, 6.45) is 5.37. The zero-order chi connectivity index (χ0) is 15.5. The van der Waals surface area contributed by atoms with E-state index in [1.54, 1.807) is 7.11 Å². The molecule has 2 aromatic rings. The number of nitrogens with one attached hydrogen (secondary N) is 1. The van der Waals surface area contributed by atoms with Crippen molar-refractivity contribution in [1.82, 2.24) is 15.1 Å². The number of carbonyl (C=O) groups excluding carboxylic acids is 1. The van der Waals surface area contributed by atoms with Gasteiger partial charge in [0.15, 0.2) is 0 Å². The van der Waals surface area contributed by atoms with Gasteiger partial charge in [0, 0.05) is 18.3 Å². The fourth-order valence-corrected chi connectivity index (χ4v) is 3.03. The smallest absolute Gasteiger partial charge is 0.224 e. The Balaban J connectivity index is 1.64. The maximum atomic E-state index is 12.3. The van der Waals surface area contributed by atoms with Crippen molar-refractivity contribution in [2.75, 3.05) is 7.11 Å². The highest BCUT2D eigenvalue weighted by atomic mass is 16.5. The molecule has 1 aromatic heterocycles. The van der Waals surface area contributed by atoms with Crippen LogP contribution in [0, 0.1) is 0 Å². The Hall–Kier alpha value is -2.30. The van der Waals surface area contributed by atoms with Crippen LogP contribution in [-0.4, -0.2) is 22.8 Å². The summed E-state index contributed by atoms with van der Waals surface area (Å²) in [5, 5.41) is 7.45. The molecule has 3 rings (SSSR count). The predicted molar refractivity (Wildman–Crippen MR) is 83.7 cm³/mol. The minimum atomic E-state index is 0.0480. The highest BCUT2D eigenvalue weighted by Crippen LogP contribution is 2.29. The molecule has 1 aliphatic carbocycles. The maximum absolute atomic E-state index is 12.3. The molecule has 1 aliphatic rings. The lowest BCUT2D eigenvalue weighted by Gasteiger charge is -2.23. The number of hydrogen-bond donors (Lipinski definition) is 1. The minimum Gasteiger partial charge on any atom is -0.497 e. The Kier molecular flexibility index (Phi) is 4.13. The molecule has 5 heteroatoms. The molecule has 0 fully saturated rings. The van der Waals surface area contributed by atoms with Gasteiger partial charge in [-0.25, -0.2) is 0 Å². The van der Waals surface area contributed by atoms with Gasteiger partial charge in [0.2, 0.25) is 5.91 Å². The second kappa shape index (κ2) is 6.22. The van der Waals surface area contributed by atoms with E-state index in [1.165, 1.54) is 5.69 Å². The molecular formula is C17H21N3O2. The van der Waals surface area contributed by atoms with E-state index in [0.29, 0.717) is 6.42 Å². The Bertz CT molecular complexity index is 661. The molecule has 1 atom stereocenters. The number of methoxy groups -OCH3 is 1. The van der Waals surface area contributed by atoms with E-state index >= 15 is 0 Å². The van der Waals surface area contributed by atoms with Crippen molar-refractivity contribution in [3.8, 4) is 5.75 Å². The van der Waals surface area contributed by atoms with E-state index in [-0.39, 0.29) is 11.9 Å². The molecule has 22 heavy (non-hydrogen) atoms. The molecule has 1 heterocycles. The third-order valence-corrected chi connectivity index (χ3v) is 4.23. The first-order valence-electron chi connectivity index (χ1n) is 7.60. The number of aryl methyl sites for hydroxylation is 1. The first-order valence-corrected chi connectivity index (χ1v) is 7.60. The molecule has 1 aromatic carbocycles. The summed E-state index contributed by atoms with van der Waals surface area (Å²) in [4.78, 5) is 12.3. The summed E-state index contributed by atoms with van der Waals surface area (Å²) in [7, 11) is 3.59. The predicted octanol–water partition coefficient (Wildman–Crippen LogP) is 2.17. The Labute approximate surface area is 130 Å². The van der Waals surface area contributed by atoms with Gasteiger partial charge in [-0.3, -0.25) is 9.48 Å². The molecule has 0 saturated heterocycles. The quantitative estimate of drug-likeness (QED) is 0.941. The standard InChI is InChI=1S/C17H21N3O2/c1-20-16-5-3-4-15(14(16)11-18-20)19-17(21)10-12-6-8-13(22-2)9-7-12/h6-9,11,15H,3-5,10H2,1-2H3,(H,19,21). The number of hydrogen-bond acceptors (Lipinski definition) is 3. The number of nitrogens with zero attached hydrogens (tertiary/aromatic N) is 2. The molecule has 0 saturated carbocycles. The Morgan fingerprint density at radius 3 is 2.91 bits per heavy atom. The molecule has 1 amide bonds. The fourth-order valence-electron chi connectivity index (χ4n) is 3.03. The number of amides is 1. The highest BCUT2D eigenvalue weighted by molar-refractivity contribution is 5.79. The summed E-state index contributed by atoms with van der Waals surface area (Å²) in [5.41, 5.74) is 3.39. The van der Waals surface area contributed by atoms with E-state index in [4.69, 9.17) is 4.74 Å². The zero-order valence-corrected chi connectivity index (χ0v) is 13.0. The van der Waals surface area contributed by atoms with Gasteiger partial charge in [-0.1, -0.05) is 12.1 Å². The van der Waals surface area contributed by atoms with Crippen LogP contribution in [0.5, 0.6) is 5.75 Å². The van der Waals surface area contributed by atoms with Crippen LogP contribution in [0.3, 0.4) is 0 Å². The summed E-state index contributed by atoms with van der Waals surface area (Å²) in [6, 6.07) is 7.69. The molecule has 0 aliphatic heterocycles. The Morgan fingerprint density at radius 1 is 1.41 bits per heavy atom. The molecule has 0 bridgehead atoms. The lowest BCUT2D eigenvalue weighted by Crippen LogP contribution is -2.32. The summed E-state index contributed by atoms with van der Waals surface area (Å²) in [6.45, 7) is 0. The van der Waals surface area contributed by atoms with E-state index in [0.717, 1.165) is 36.1 Å². The van der Waals surface area contributed by atoms with Gasteiger partial charge < -0.3 is 10.1 Å². The second-order valence-electron chi connectivity index (χ2n) is 5.71. The molecule has 1 N–H and O–H groups in total. The van der Waals surface area contributed by atoms with Crippen molar-refractivity contribution in [3.05, 3.63) is 47.3 Å². The van der Waals surface area contributed by atoms with Crippen molar-refractivity contribution >= 4 is 5.91 Å². The van der Waals surface area contributed by atoms with Gasteiger partial charge in [-0.15, -0.1) is 0 Å². The number of ether oxygens (including phenoxy) is 1. The van der Waals surface area contributed by atoms with Crippen molar-refractivity contribution < 1.29 is 9.53 Å². The minimum absolute atomic E-state index is 0.0480. The Morgan fingerprint density at radius 2 is 2.18 bits per heavy atom. The summed E-state index contributed by atoms with van der Waals surface area (Å²) in [5.74, 6) is 0.850. The number of rotatable bonds is 4. The van der Waals surface area contributed by atoms with Crippen LogP contribution in [0.2, 0.25) is 0 Å². The largest absolute Gasteiger partial charge is 0.497 e. The zero-order valence-electron chi connectivity index (χ0n) is 13.0. The summed E-state index contributed by atoms with van der Waals surface area (Å²) < 4.78 is 7.04. The third kappa shape index (κ3) is 2.98. The van der Waals surface area contributed by atoms with Gasteiger partial charge >= 0.3 is 0 Å². The number of carbonyl (C=O) groups is 1. The highest BCUT2D eigenvalue weighted by Gasteiger charge is 2.24. The monoisotopic (exact) mass is 299 g/mol. The van der Waals surface area contributed by atoms with Crippen molar-refractivity contribution in [2.24, 2.45) is 7.05 Å².